The summed E-state index contributed by atoms with van der Waals surface area (Å²) in [6.45, 7) is 6.64. The molecule has 1 atom stereocenters. The van der Waals surface area contributed by atoms with Gasteiger partial charge < -0.3 is 14.8 Å². The van der Waals surface area contributed by atoms with E-state index in [2.05, 4.69) is 5.32 Å². The van der Waals surface area contributed by atoms with Crippen molar-refractivity contribution in [2.45, 2.75) is 33.4 Å². The van der Waals surface area contributed by atoms with Gasteiger partial charge in [-0.05, 0) is 38.0 Å². The third kappa shape index (κ3) is 4.04. The first-order chi connectivity index (χ1) is 8.58. The SMILES string of the molecule is CCOC(=O)C(C)NCc1ccc(OC)c(C)c1. The second kappa shape index (κ2) is 7.01. The van der Waals surface area contributed by atoms with Crippen molar-refractivity contribution in [1.29, 1.82) is 0 Å². The van der Waals surface area contributed by atoms with Gasteiger partial charge in [0.05, 0.1) is 13.7 Å². The van der Waals surface area contributed by atoms with Gasteiger partial charge in [-0.15, -0.1) is 0 Å². The van der Waals surface area contributed by atoms with Crippen LogP contribution in [-0.2, 0) is 16.1 Å². The maximum atomic E-state index is 11.4. The normalized spacial score (nSPS) is 12.0. The lowest BCUT2D eigenvalue weighted by molar-refractivity contribution is -0.145. The summed E-state index contributed by atoms with van der Waals surface area (Å²) in [4.78, 5) is 11.4. The van der Waals surface area contributed by atoms with Crippen LogP contribution < -0.4 is 10.1 Å². The molecule has 4 nitrogen and oxygen atoms in total. The van der Waals surface area contributed by atoms with Gasteiger partial charge in [-0.1, -0.05) is 12.1 Å². The summed E-state index contributed by atoms with van der Waals surface area (Å²) in [5.41, 5.74) is 2.20. The molecule has 0 aliphatic rings. The molecule has 1 N–H and O–H groups in total. The quantitative estimate of drug-likeness (QED) is 0.786. The molecule has 0 aliphatic carbocycles. The number of methoxy groups -OCH3 is 1. The maximum absolute atomic E-state index is 11.4. The van der Waals surface area contributed by atoms with E-state index in [0.29, 0.717) is 13.2 Å². The van der Waals surface area contributed by atoms with E-state index in [1.54, 1.807) is 21.0 Å². The molecule has 1 aromatic rings. The van der Waals surface area contributed by atoms with E-state index < -0.39 is 0 Å². The summed E-state index contributed by atoms with van der Waals surface area (Å²) >= 11 is 0. The Hall–Kier alpha value is -1.55. The number of carbonyl (C=O) groups excluding carboxylic acids is 1. The molecule has 0 saturated heterocycles. The molecule has 0 heterocycles. The van der Waals surface area contributed by atoms with Crippen LogP contribution in [0.4, 0.5) is 0 Å². The van der Waals surface area contributed by atoms with Crippen LogP contribution in [0.1, 0.15) is 25.0 Å². The Morgan fingerprint density at radius 1 is 1.44 bits per heavy atom. The van der Waals surface area contributed by atoms with Gasteiger partial charge in [0.2, 0.25) is 0 Å². The molecular weight excluding hydrogens is 230 g/mol. The van der Waals surface area contributed by atoms with E-state index in [1.807, 2.05) is 25.1 Å². The lowest BCUT2D eigenvalue weighted by Gasteiger charge is -2.13. The van der Waals surface area contributed by atoms with Crippen LogP contribution >= 0.6 is 0 Å². The Labute approximate surface area is 108 Å². The fourth-order valence-electron chi connectivity index (χ4n) is 1.67. The second-order valence-electron chi connectivity index (χ2n) is 4.16. The van der Waals surface area contributed by atoms with Gasteiger partial charge in [-0.2, -0.15) is 0 Å². The Kier molecular flexibility index (Phi) is 5.65. The van der Waals surface area contributed by atoms with Gasteiger partial charge in [0.15, 0.2) is 0 Å². The Bertz CT molecular complexity index is 404. The first-order valence-corrected chi connectivity index (χ1v) is 6.12. The number of hydrogen-bond acceptors (Lipinski definition) is 4. The van der Waals surface area contributed by atoms with Gasteiger partial charge in [-0.3, -0.25) is 4.79 Å². The number of esters is 1. The standard InChI is InChI=1S/C14H21NO3/c1-5-18-14(16)11(3)15-9-12-6-7-13(17-4)10(2)8-12/h6-8,11,15H,5,9H2,1-4H3. The maximum Gasteiger partial charge on any atom is 0.322 e. The van der Waals surface area contributed by atoms with E-state index in [1.165, 1.54) is 0 Å². The van der Waals surface area contributed by atoms with Gasteiger partial charge >= 0.3 is 5.97 Å². The smallest absolute Gasteiger partial charge is 0.322 e. The minimum atomic E-state index is -0.299. The van der Waals surface area contributed by atoms with Gasteiger partial charge in [-0.25, -0.2) is 0 Å². The summed E-state index contributed by atoms with van der Waals surface area (Å²) in [6.07, 6.45) is 0. The van der Waals surface area contributed by atoms with Crippen molar-refractivity contribution in [3.05, 3.63) is 29.3 Å². The highest BCUT2D eigenvalue weighted by molar-refractivity contribution is 5.75. The Balaban J connectivity index is 2.53. The van der Waals surface area contributed by atoms with E-state index in [9.17, 15) is 4.79 Å². The monoisotopic (exact) mass is 251 g/mol. The number of nitrogens with one attached hydrogen (secondary N) is 1. The zero-order valence-electron chi connectivity index (χ0n) is 11.4. The number of benzene rings is 1. The molecule has 1 rings (SSSR count). The van der Waals surface area contributed by atoms with Crippen molar-refractivity contribution in [2.24, 2.45) is 0 Å². The highest BCUT2D eigenvalue weighted by atomic mass is 16.5. The Morgan fingerprint density at radius 2 is 2.17 bits per heavy atom. The molecule has 100 valence electrons. The summed E-state index contributed by atoms with van der Waals surface area (Å²) < 4.78 is 10.1. The minimum Gasteiger partial charge on any atom is -0.496 e. The minimum absolute atomic E-state index is 0.220. The van der Waals surface area contributed by atoms with Crippen molar-refractivity contribution in [1.82, 2.24) is 5.32 Å². The third-order valence-electron chi connectivity index (χ3n) is 2.71. The predicted molar refractivity (Wildman–Crippen MR) is 70.7 cm³/mol. The molecule has 0 radical (unpaired) electrons. The van der Waals surface area contributed by atoms with Gasteiger partial charge in [0.1, 0.15) is 11.8 Å². The average molecular weight is 251 g/mol. The summed E-state index contributed by atoms with van der Waals surface area (Å²) in [5, 5.41) is 3.13. The van der Waals surface area contributed by atoms with Crippen LogP contribution in [0.25, 0.3) is 0 Å². The number of rotatable bonds is 6. The molecule has 0 aliphatic heterocycles. The molecule has 0 bridgehead atoms. The van der Waals surface area contributed by atoms with Gasteiger partial charge in [0, 0.05) is 6.54 Å². The fourth-order valence-corrected chi connectivity index (χ4v) is 1.67. The number of hydrogen-bond donors (Lipinski definition) is 1. The van der Waals surface area contributed by atoms with Crippen LogP contribution in [0.3, 0.4) is 0 Å². The van der Waals surface area contributed by atoms with Crippen molar-refractivity contribution in [3.63, 3.8) is 0 Å². The lowest BCUT2D eigenvalue weighted by Crippen LogP contribution is -2.34. The van der Waals surface area contributed by atoms with E-state index in [0.717, 1.165) is 16.9 Å². The van der Waals surface area contributed by atoms with Crippen molar-refractivity contribution in [2.75, 3.05) is 13.7 Å². The second-order valence-corrected chi connectivity index (χ2v) is 4.16. The van der Waals surface area contributed by atoms with Crippen LogP contribution in [0.2, 0.25) is 0 Å². The number of aryl methyl sites for hydroxylation is 1. The predicted octanol–water partition coefficient (Wildman–Crippen LogP) is 2.04. The van der Waals surface area contributed by atoms with Crippen LogP contribution in [0.15, 0.2) is 18.2 Å². The van der Waals surface area contributed by atoms with E-state index >= 15 is 0 Å². The molecule has 0 amide bonds. The zero-order chi connectivity index (χ0) is 13.5. The first kappa shape index (κ1) is 14.5. The van der Waals surface area contributed by atoms with E-state index in [4.69, 9.17) is 9.47 Å². The highest BCUT2D eigenvalue weighted by Gasteiger charge is 2.12. The van der Waals surface area contributed by atoms with Crippen molar-refractivity contribution >= 4 is 5.97 Å². The largest absolute Gasteiger partial charge is 0.496 e. The van der Waals surface area contributed by atoms with Crippen LogP contribution in [0, 0.1) is 6.92 Å². The fraction of sp³-hybridized carbons (Fsp3) is 0.500. The first-order valence-electron chi connectivity index (χ1n) is 6.12. The topological polar surface area (TPSA) is 47.6 Å². The van der Waals surface area contributed by atoms with Crippen molar-refractivity contribution in [3.8, 4) is 5.75 Å². The van der Waals surface area contributed by atoms with Crippen molar-refractivity contribution < 1.29 is 14.3 Å². The number of ether oxygens (including phenoxy) is 2. The summed E-state index contributed by atoms with van der Waals surface area (Å²) in [5.74, 6) is 0.653. The average Bonchev–Trinajstić information content (AvgIpc) is 2.36. The van der Waals surface area contributed by atoms with E-state index in [-0.39, 0.29) is 12.0 Å². The molecule has 1 unspecified atom stereocenters. The lowest BCUT2D eigenvalue weighted by atomic mass is 10.1. The summed E-state index contributed by atoms with van der Waals surface area (Å²) in [7, 11) is 1.66. The van der Waals surface area contributed by atoms with Gasteiger partial charge in [0.25, 0.3) is 0 Å². The molecule has 1 aromatic carbocycles. The molecule has 0 saturated carbocycles. The molecule has 0 aromatic heterocycles. The Morgan fingerprint density at radius 3 is 2.72 bits per heavy atom. The summed E-state index contributed by atoms with van der Waals surface area (Å²) in [6, 6.07) is 5.66. The zero-order valence-corrected chi connectivity index (χ0v) is 11.4. The molecule has 0 fully saturated rings. The highest BCUT2D eigenvalue weighted by Crippen LogP contribution is 2.18. The molecule has 0 spiro atoms. The third-order valence-corrected chi connectivity index (χ3v) is 2.71. The molecule has 18 heavy (non-hydrogen) atoms. The van der Waals surface area contributed by atoms with Crippen LogP contribution in [0.5, 0.6) is 5.75 Å². The number of carbonyl (C=O) groups is 1. The molecular formula is C14H21NO3. The van der Waals surface area contributed by atoms with Crippen LogP contribution in [-0.4, -0.2) is 25.7 Å². The molecule has 4 heteroatoms.